The second kappa shape index (κ2) is 7.98. The lowest BCUT2D eigenvalue weighted by Gasteiger charge is -2.12. The Hall–Kier alpha value is -2.61. The Kier molecular flexibility index (Phi) is 5.97. The average Bonchev–Trinajstić information content (AvgIpc) is 2.55. The minimum absolute atomic E-state index is 0.0489. The van der Waals surface area contributed by atoms with Gasteiger partial charge in [0, 0.05) is 11.3 Å². The predicted molar refractivity (Wildman–Crippen MR) is 96.3 cm³/mol. The molecule has 1 heterocycles. The molecule has 0 aliphatic heterocycles. The van der Waals surface area contributed by atoms with Gasteiger partial charge in [-0.05, 0) is 44.5 Å². The molecule has 0 saturated carbocycles. The molecule has 0 aliphatic carbocycles. The summed E-state index contributed by atoms with van der Waals surface area (Å²) in [6, 6.07) is 6.56. The van der Waals surface area contributed by atoms with Crippen molar-refractivity contribution >= 4 is 29.1 Å². The highest BCUT2D eigenvalue weighted by atomic mass is 32.2. The van der Waals surface area contributed by atoms with Gasteiger partial charge in [0.15, 0.2) is 10.9 Å². The van der Waals surface area contributed by atoms with E-state index in [-0.39, 0.29) is 28.3 Å². The van der Waals surface area contributed by atoms with Crippen LogP contribution in [0.15, 0.2) is 34.2 Å². The highest BCUT2D eigenvalue weighted by Gasteiger charge is 2.18. The van der Waals surface area contributed by atoms with E-state index in [0.29, 0.717) is 17.7 Å². The van der Waals surface area contributed by atoms with E-state index < -0.39 is 10.8 Å². The molecular formula is C17H19N3O4S. The summed E-state index contributed by atoms with van der Waals surface area (Å²) in [6.45, 7) is 4.88. The number of rotatable bonds is 6. The number of nitrogens with zero attached hydrogens (tertiary/aromatic N) is 1. The van der Waals surface area contributed by atoms with Gasteiger partial charge in [-0.15, -0.1) is 0 Å². The van der Waals surface area contributed by atoms with Crippen LogP contribution in [0.1, 0.15) is 36.7 Å². The summed E-state index contributed by atoms with van der Waals surface area (Å²) in [7, 11) is 0. The number of ketones is 1. The Labute approximate surface area is 148 Å². The van der Waals surface area contributed by atoms with E-state index in [1.165, 1.54) is 6.92 Å². The number of thioether (sulfide) groups is 1. The molecule has 1 amide bonds. The summed E-state index contributed by atoms with van der Waals surface area (Å²) in [6.07, 6.45) is 0.366. The molecule has 0 bridgehead atoms. The normalized spacial score (nSPS) is 11.8. The number of nitrogens with one attached hydrogen (secondary N) is 2. The molecule has 1 unspecified atom stereocenters. The molecule has 0 fully saturated rings. The van der Waals surface area contributed by atoms with Crippen LogP contribution in [0.25, 0.3) is 0 Å². The Morgan fingerprint density at radius 2 is 1.96 bits per heavy atom. The largest absolute Gasteiger partial charge is 0.493 e. The molecule has 132 valence electrons. The van der Waals surface area contributed by atoms with Crippen LogP contribution < -0.4 is 10.9 Å². The van der Waals surface area contributed by atoms with E-state index >= 15 is 0 Å². The van der Waals surface area contributed by atoms with E-state index in [4.69, 9.17) is 0 Å². The third kappa shape index (κ3) is 4.69. The second-order valence-electron chi connectivity index (χ2n) is 5.41. The Bertz CT molecular complexity index is 846. The molecule has 1 aromatic carbocycles. The van der Waals surface area contributed by atoms with Crippen LogP contribution in [0.3, 0.4) is 0 Å². The summed E-state index contributed by atoms with van der Waals surface area (Å²) in [5, 5.41) is 12.1. The van der Waals surface area contributed by atoms with Gasteiger partial charge in [0.05, 0.1) is 10.8 Å². The van der Waals surface area contributed by atoms with E-state index in [1.807, 2.05) is 0 Å². The zero-order valence-corrected chi connectivity index (χ0v) is 14.9. The third-order valence-corrected chi connectivity index (χ3v) is 4.53. The van der Waals surface area contributed by atoms with Crippen LogP contribution in [-0.4, -0.2) is 32.0 Å². The van der Waals surface area contributed by atoms with Gasteiger partial charge in [0.25, 0.3) is 5.56 Å². The fraction of sp³-hybridized carbons (Fsp3) is 0.294. The number of amides is 1. The molecule has 7 nitrogen and oxygen atoms in total. The monoisotopic (exact) mass is 361 g/mol. The Morgan fingerprint density at radius 1 is 1.32 bits per heavy atom. The van der Waals surface area contributed by atoms with E-state index in [1.54, 1.807) is 38.1 Å². The molecule has 1 atom stereocenters. The number of benzene rings is 1. The van der Waals surface area contributed by atoms with Crippen molar-refractivity contribution in [1.82, 2.24) is 9.97 Å². The number of carbonyl (C=O) groups is 2. The van der Waals surface area contributed by atoms with Gasteiger partial charge >= 0.3 is 0 Å². The van der Waals surface area contributed by atoms with Gasteiger partial charge in [0.2, 0.25) is 11.8 Å². The first-order valence-corrected chi connectivity index (χ1v) is 8.60. The lowest BCUT2D eigenvalue weighted by Crippen LogP contribution is -2.23. The van der Waals surface area contributed by atoms with E-state index in [0.717, 1.165) is 11.8 Å². The number of H-pyrrole nitrogens is 1. The number of Topliss-reactive ketones (excluding diaryl/α,β-unsaturated/α-hetero) is 1. The highest BCUT2D eigenvalue weighted by Crippen LogP contribution is 2.22. The second-order valence-corrected chi connectivity index (χ2v) is 6.74. The SMILES string of the molecule is CCc1c(O)nc(SC(C)C(=O)Nc2ccc(C(C)=O)cc2)[nH]c1=O. The molecule has 25 heavy (non-hydrogen) atoms. The van der Waals surface area contributed by atoms with Crippen LogP contribution in [0, 0.1) is 0 Å². The Morgan fingerprint density at radius 3 is 2.48 bits per heavy atom. The number of hydrogen-bond donors (Lipinski definition) is 3. The molecular weight excluding hydrogens is 342 g/mol. The van der Waals surface area contributed by atoms with Gasteiger partial charge in [-0.3, -0.25) is 14.4 Å². The fourth-order valence-electron chi connectivity index (χ4n) is 2.09. The highest BCUT2D eigenvalue weighted by molar-refractivity contribution is 8.00. The van der Waals surface area contributed by atoms with Crippen LogP contribution in [-0.2, 0) is 11.2 Å². The van der Waals surface area contributed by atoms with Gasteiger partial charge in [-0.1, -0.05) is 18.7 Å². The smallest absolute Gasteiger partial charge is 0.258 e. The Balaban J connectivity index is 2.05. The third-order valence-electron chi connectivity index (χ3n) is 3.54. The molecule has 0 radical (unpaired) electrons. The van der Waals surface area contributed by atoms with Crippen LogP contribution in [0.5, 0.6) is 5.88 Å². The lowest BCUT2D eigenvalue weighted by molar-refractivity contribution is -0.115. The van der Waals surface area contributed by atoms with Gasteiger partial charge in [-0.2, -0.15) is 4.98 Å². The van der Waals surface area contributed by atoms with Gasteiger partial charge < -0.3 is 15.4 Å². The summed E-state index contributed by atoms with van der Waals surface area (Å²) >= 11 is 1.03. The zero-order chi connectivity index (χ0) is 18.6. The van der Waals surface area contributed by atoms with Crippen molar-refractivity contribution in [2.75, 3.05) is 5.32 Å². The molecule has 0 saturated heterocycles. The molecule has 0 spiro atoms. The van der Waals surface area contributed by atoms with Crippen molar-refractivity contribution in [2.24, 2.45) is 0 Å². The van der Waals surface area contributed by atoms with E-state index in [2.05, 4.69) is 15.3 Å². The first kappa shape index (κ1) is 18.7. The summed E-state index contributed by atoms with van der Waals surface area (Å²) in [4.78, 5) is 41.8. The number of hydrogen-bond acceptors (Lipinski definition) is 6. The molecule has 0 aliphatic rings. The van der Waals surface area contributed by atoms with Crippen LogP contribution in [0.2, 0.25) is 0 Å². The summed E-state index contributed by atoms with van der Waals surface area (Å²) in [5.74, 6) is -0.657. The number of aromatic nitrogens is 2. The minimum Gasteiger partial charge on any atom is -0.493 e. The van der Waals surface area contributed by atoms with Crippen molar-refractivity contribution in [1.29, 1.82) is 0 Å². The van der Waals surface area contributed by atoms with Crippen LogP contribution >= 0.6 is 11.8 Å². The minimum atomic E-state index is -0.553. The molecule has 1 aromatic heterocycles. The van der Waals surface area contributed by atoms with Gasteiger partial charge in [-0.25, -0.2) is 0 Å². The first-order valence-electron chi connectivity index (χ1n) is 7.72. The number of aromatic amines is 1. The maximum absolute atomic E-state index is 12.2. The zero-order valence-electron chi connectivity index (χ0n) is 14.1. The quantitative estimate of drug-likeness (QED) is 0.414. The number of carbonyl (C=O) groups excluding carboxylic acids is 2. The molecule has 3 N–H and O–H groups in total. The maximum atomic E-state index is 12.2. The van der Waals surface area contributed by atoms with Crippen molar-refractivity contribution in [2.45, 2.75) is 37.6 Å². The number of anilines is 1. The van der Waals surface area contributed by atoms with Gasteiger partial charge in [0.1, 0.15) is 0 Å². The average molecular weight is 361 g/mol. The fourth-order valence-corrected chi connectivity index (χ4v) is 2.88. The van der Waals surface area contributed by atoms with Crippen molar-refractivity contribution in [3.63, 3.8) is 0 Å². The predicted octanol–water partition coefficient (Wildman–Crippen LogP) is 2.36. The molecule has 2 aromatic rings. The summed E-state index contributed by atoms with van der Waals surface area (Å²) in [5.41, 5.74) is 0.929. The van der Waals surface area contributed by atoms with Crippen LogP contribution in [0.4, 0.5) is 5.69 Å². The van der Waals surface area contributed by atoms with Crippen molar-refractivity contribution in [3.8, 4) is 5.88 Å². The first-order chi connectivity index (χ1) is 11.8. The maximum Gasteiger partial charge on any atom is 0.258 e. The van der Waals surface area contributed by atoms with Crippen molar-refractivity contribution in [3.05, 3.63) is 45.7 Å². The lowest BCUT2D eigenvalue weighted by atomic mass is 10.1. The summed E-state index contributed by atoms with van der Waals surface area (Å²) < 4.78 is 0. The molecule has 8 heteroatoms. The topological polar surface area (TPSA) is 112 Å². The molecule has 2 rings (SSSR count). The number of aromatic hydroxyl groups is 1. The standard InChI is InChI=1S/C17H19N3O4S/c1-4-13-15(23)19-17(20-16(13)24)25-10(3)14(22)18-12-7-5-11(6-8-12)9(2)21/h5-8,10H,4H2,1-3H3,(H,18,22)(H2,19,20,23,24). The van der Waals surface area contributed by atoms with Crippen molar-refractivity contribution < 1.29 is 14.7 Å². The van der Waals surface area contributed by atoms with E-state index in [9.17, 15) is 19.5 Å².